The monoisotopic (exact) mass is 225 g/mol. The highest BCUT2D eigenvalue weighted by Crippen LogP contribution is 2.16. The number of likely N-dealkylation sites (tertiary alicyclic amines) is 1. The van der Waals surface area contributed by atoms with Gasteiger partial charge in [0.2, 0.25) is 0 Å². The lowest BCUT2D eigenvalue weighted by Crippen LogP contribution is -2.28. The number of hydrogen-bond donors (Lipinski definition) is 1. The van der Waals surface area contributed by atoms with Crippen LogP contribution in [0.5, 0.6) is 0 Å². The third-order valence-electron chi connectivity index (χ3n) is 2.56. The zero-order chi connectivity index (χ0) is 10.8. The summed E-state index contributed by atoms with van der Waals surface area (Å²) in [7, 11) is 0. The van der Waals surface area contributed by atoms with Crippen LogP contribution in [0.15, 0.2) is 24.3 Å². The van der Waals surface area contributed by atoms with Crippen molar-refractivity contribution in [1.29, 1.82) is 0 Å². The molecular weight excluding hydrogens is 214 g/mol. The van der Waals surface area contributed by atoms with Gasteiger partial charge < -0.3 is 10.0 Å². The van der Waals surface area contributed by atoms with Gasteiger partial charge in [-0.3, -0.25) is 4.79 Å². The van der Waals surface area contributed by atoms with Crippen molar-refractivity contribution >= 4 is 17.5 Å². The Bertz CT molecular complexity index is 363. The summed E-state index contributed by atoms with van der Waals surface area (Å²) in [5.41, 5.74) is 1.03. The Hall–Kier alpha value is -1.06. The molecule has 0 aromatic heterocycles. The van der Waals surface area contributed by atoms with E-state index >= 15 is 0 Å². The summed E-state index contributed by atoms with van der Waals surface area (Å²) in [4.78, 5) is 13.1. The fourth-order valence-corrected chi connectivity index (χ4v) is 1.82. The lowest BCUT2D eigenvalue weighted by Gasteiger charge is -2.15. The van der Waals surface area contributed by atoms with Crippen LogP contribution in [0, 0.1) is 0 Å². The minimum atomic E-state index is -0.808. The van der Waals surface area contributed by atoms with Gasteiger partial charge in [0.05, 0.1) is 0 Å². The first kappa shape index (κ1) is 10.5. The SMILES string of the molecule is O=C1[C@@H](O)CCN1Cc1ccc(Cl)cc1. The number of rotatable bonds is 2. The van der Waals surface area contributed by atoms with Crippen molar-refractivity contribution in [2.24, 2.45) is 0 Å². The van der Waals surface area contributed by atoms with Crippen LogP contribution in [0.3, 0.4) is 0 Å². The third-order valence-corrected chi connectivity index (χ3v) is 2.81. The highest BCUT2D eigenvalue weighted by atomic mass is 35.5. The molecule has 1 fully saturated rings. The van der Waals surface area contributed by atoms with Crippen LogP contribution in [0.4, 0.5) is 0 Å². The molecule has 1 aliphatic rings. The van der Waals surface area contributed by atoms with E-state index < -0.39 is 6.10 Å². The maximum atomic E-state index is 11.4. The lowest BCUT2D eigenvalue weighted by molar-refractivity contribution is -0.134. The van der Waals surface area contributed by atoms with Gasteiger partial charge in [0.15, 0.2) is 0 Å². The molecule has 1 N–H and O–H groups in total. The number of carbonyl (C=O) groups is 1. The zero-order valence-corrected chi connectivity index (χ0v) is 8.94. The number of nitrogens with zero attached hydrogens (tertiary/aromatic N) is 1. The molecule has 0 aliphatic carbocycles. The van der Waals surface area contributed by atoms with Gasteiger partial charge in [-0.15, -0.1) is 0 Å². The molecule has 1 heterocycles. The van der Waals surface area contributed by atoms with Crippen molar-refractivity contribution in [3.63, 3.8) is 0 Å². The van der Waals surface area contributed by atoms with Gasteiger partial charge in [-0.25, -0.2) is 0 Å². The Morgan fingerprint density at radius 1 is 1.40 bits per heavy atom. The summed E-state index contributed by atoms with van der Waals surface area (Å²) >= 11 is 5.76. The number of benzene rings is 1. The lowest BCUT2D eigenvalue weighted by atomic mass is 10.2. The fraction of sp³-hybridized carbons (Fsp3) is 0.364. The van der Waals surface area contributed by atoms with Crippen LogP contribution < -0.4 is 0 Å². The minimum Gasteiger partial charge on any atom is -0.383 e. The highest BCUT2D eigenvalue weighted by molar-refractivity contribution is 6.30. The predicted molar refractivity (Wildman–Crippen MR) is 57.5 cm³/mol. The Kier molecular flexibility index (Phi) is 2.93. The van der Waals surface area contributed by atoms with Gasteiger partial charge in [0.1, 0.15) is 6.10 Å². The van der Waals surface area contributed by atoms with Crippen LogP contribution in [-0.4, -0.2) is 28.6 Å². The van der Waals surface area contributed by atoms with Crippen molar-refractivity contribution in [3.05, 3.63) is 34.9 Å². The first-order valence-electron chi connectivity index (χ1n) is 4.88. The van der Waals surface area contributed by atoms with Crippen molar-refractivity contribution < 1.29 is 9.90 Å². The van der Waals surface area contributed by atoms with Crippen molar-refractivity contribution in [3.8, 4) is 0 Å². The van der Waals surface area contributed by atoms with E-state index in [1.807, 2.05) is 12.1 Å². The Labute approximate surface area is 93.3 Å². The molecule has 4 heteroatoms. The second-order valence-electron chi connectivity index (χ2n) is 3.69. The van der Waals surface area contributed by atoms with E-state index in [9.17, 15) is 9.90 Å². The molecule has 1 atom stereocenters. The number of hydrogen-bond acceptors (Lipinski definition) is 2. The molecule has 1 aromatic carbocycles. The maximum Gasteiger partial charge on any atom is 0.251 e. The van der Waals surface area contributed by atoms with E-state index in [2.05, 4.69) is 0 Å². The second kappa shape index (κ2) is 4.21. The van der Waals surface area contributed by atoms with E-state index in [0.717, 1.165) is 5.56 Å². The Balaban J connectivity index is 2.03. The molecule has 80 valence electrons. The summed E-state index contributed by atoms with van der Waals surface area (Å²) in [5.74, 6) is -0.176. The molecule has 2 rings (SSSR count). The van der Waals surface area contributed by atoms with E-state index in [-0.39, 0.29) is 5.91 Å². The first-order chi connectivity index (χ1) is 7.16. The zero-order valence-electron chi connectivity index (χ0n) is 8.19. The number of carbonyl (C=O) groups excluding carboxylic acids is 1. The van der Waals surface area contributed by atoms with Gasteiger partial charge >= 0.3 is 0 Å². The van der Waals surface area contributed by atoms with Gasteiger partial charge in [-0.1, -0.05) is 23.7 Å². The van der Waals surface area contributed by atoms with Gasteiger partial charge in [-0.05, 0) is 24.1 Å². The molecular formula is C11H12ClNO2. The molecule has 0 radical (unpaired) electrons. The van der Waals surface area contributed by atoms with E-state index in [0.29, 0.717) is 24.5 Å². The molecule has 1 saturated heterocycles. The van der Waals surface area contributed by atoms with Crippen LogP contribution in [-0.2, 0) is 11.3 Å². The largest absolute Gasteiger partial charge is 0.383 e. The molecule has 1 amide bonds. The summed E-state index contributed by atoms with van der Waals surface area (Å²) in [6, 6.07) is 7.38. The average Bonchev–Trinajstić information content (AvgIpc) is 2.53. The number of aliphatic hydroxyl groups excluding tert-OH is 1. The smallest absolute Gasteiger partial charge is 0.251 e. The molecule has 15 heavy (non-hydrogen) atoms. The normalized spacial score (nSPS) is 21.1. The molecule has 0 unspecified atom stereocenters. The van der Waals surface area contributed by atoms with E-state index in [1.165, 1.54) is 0 Å². The topological polar surface area (TPSA) is 40.5 Å². The van der Waals surface area contributed by atoms with Crippen LogP contribution in [0.1, 0.15) is 12.0 Å². The van der Waals surface area contributed by atoms with Crippen LogP contribution >= 0.6 is 11.6 Å². The summed E-state index contributed by atoms with van der Waals surface area (Å²) < 4.78 is 0. The van der Waals surface area contributed by atoms with Crippen molar-refractivity contribution in [1.82, 2.24) is 4.90 Å². The molecule has 3 nitrogen and oxygen atoms in total. The Morgan fingerprint density at radius 2 is 2.07 bits per heavy atom. The van der Waals surface area contributed by atoms with Crippen molar-refractivity contribution in [2.75, 3.05) is 6.54 Å². The number of amides is 1. The summed E-state index contributed by atoms with van der Waals surface area (Å²) in [5, 5.41) is 9.96. The number of halogens is 1. The van der Waals surface area contributed by atoms with Gasteiger partial charge in [0, 0.05) is 18.1 Å². The van der Waals surface area contributed by atoms with Crippen LogP contribution in [0.2, 0.25) is 5.02 Å². The first-order valence-corrected chi connectivity index (χ1v) is 5.26. The number of aliphatic hydroxyl groups is 1. The Morgan fingerprint density at radius 3 is 2.60 bits per heavy atom. The second-order valence-corrected chi connectivity index (χ2v) is 4.13. The maximum absolute atomic E-state index is 11.4. The average molecular weight is 226 g/mol. The minimum absolute atomic E-state index is 0.176. The van der Waals surface area contributed by atoms with E-state index in [1.54, 1.807) is 17.0 Å². The highest BCUT2D eigenvalue weighted by Gasteiger charge is 2.29. The standard InChI is InChI=1S/C11H12ClNO2/c12-9-3-1-8(2-4-9)7-13-6-5-10(14)11(13)15/h1-4,10,14H,5-7H2/t10-/m0/s1. The van der Waals surface area contributed by atoms with Crippen molar-refractivity contribution in [2.45, 2.75) is 19.1 Å². The molecule has 0 saturated carbocycles. The van der Waals surface area contributed by atoms with E-state index in [4.69, 9.17) is 11.6 Å². The molecule has 0 bridgehead atoms. The molecule has 1 aromatic rings. The quantitative estimate of drug-likeness (QED) is 0.828. The fourth-order valence-electron chi connectivity index (χ4n) is 1.69. The summed E-state index contributed by atoms with van der Waals surface area (Å²) in [6.07, 6.45) is -0.274. The molecule has 1 aliphatic heterocycles. The summed E-state index contributed by atoms with van der Waals surface area (Å²) in [6.45, 7) is 1.18. The van der Waals surface area contributed by atoms with Gasteiger partial charge in [-0.2, -0.15) is 0 Å². The molecule has 0 spiro atoms. The predicted octanol–water partition coefficient (Wildman–Crippen LogP) is 1.43. The third kappa shape index (κ3) is 2.30. The van der Waals surface area contributed by atoms with Crippen LogP contribution in [0.25, 0.3) is 0 Å². The van der Waals surface area contributed by atoms with Gasteiger partial charge in [0.25, 0.3) is 5.91 Å².